The van der Waals surface area contributed by atoms with Crippen molar-refractivity contribution < 1.29 is 4.79 Å². The van der Waals surface area contributed by atoms with Crippen LogP contribution < -0.4 is 5.32 Å². The summed E-state index contributed by atoms with van der Waals surface area (Å²) in [5.74, 6) is 0.183. The second-order valence-electron chi connectivity index (χ2n) is 5.04. The molecule has 1 amide bonds. The highest BCUT2D eigenvalue weighted by Gasteiger charge is 2.25. The van der Waals surface area contributed by atoms with Crippen LogP contribution in [0.1, 0.15) is 33.5 Å². The van der Waals surface area contributed by atoms with Crippen molar-refractivity contribution in [1.29, 1.82) is 0 Å². The van der Waals surface area contributed by atoms with Crippen molar-refractivity contribution in [3.8, 4) is 0 Å². The molecular formula is C14H18N2O. The van der Waals surface area contributed by atoms with E-state index in [2.05, 4.69) is 17.4 Å². The molecule has 3 nitrogen and oxygen atoms in total. The van der Waals surface area contributed by atoms with Crippen LogP contribution in [0.25, 0.3) is 0 Å². The molecule has 0 aliphatic carbocycles. The summed E-state index contributed by atoms with van der Waals surface area (Å²) in [6, 6.07) is 4.39. The van der Waals surface area contributed by atoms with E-state index < -0.39 is 0 Å². The number of amides is 1. The summed E-state index contributed by atoms with van der Waals surface area (Å²) in [5, 5.41) is 3.44. The molecular weight excluding hydrogens is 212 g/mol. The Kier molecular flexibility index (Phi) is 2.63. The molecule has 2 aliphatic heterocycles. The number of rotatable bonds is 0. The Hall–Kier alpha value is -1.35. The van der Waals surface area contributed by atoms with Gasteiger partial charge in [0.1, 0.15) is 0 Å². The number of nitrogens with one attached hydrogen (secondary N) is 1. The van der Waals surface area contributed by atoms with E-state index in [0.29, 0.717) is 0 Å². The van der Waals surface area contributed by atoms with Crippen molar-refractivity contribution >= 4 is 5.91 Å². The summed E-state index contributed by atoms with van der Waals surface area (Å²) in [6.07, 6.45) is 3.34. The summed E-state index contributed by atoms with van der Waals surface area (Å²) in [5.41, 5.74) is 4.95. The minimum absolute atomic E-state index is 0.183. The standard InChI is InChI=1S/C14H18N2O/c1-16-9-12-7-11-4-6-15-5-2-3-10(11)8-13(12)14(16)17/h7-8,15H,2-6,9H2,1H3. The zero-order valence-electron chi connectivity index (χ0n) is 10.3. The Balaban J connectivity index is 2.03. The number of benzene rings is 1. The second-order valence-corrected chi connectivity index (χ2v) is 5.04. The molecule has 1 aromatic carbocycles. The largest absolute Gasteiger partial charge is 0.337 e. The highest BCUT2D eigenvalue weighted by atomic mass is 16.2. The first-order chi connectivity index (χ1) is 8.25. The molecule has 0 atom stereocenters. The number of carbonyl (C=O) groups excluding carboxylic acids is 1. The zero-order valence-corrected chi connectivity index (χ0v) is 10.3. The molecule has 0 fully saturated rings. The molecule has 0 saturated heterocycles. The van der Waals surface area contributed by atoms with Crippen LogP contribution >= 0.6 is 0 Å². The normalized spacial score (nSPS) is 19.6. The lowest BCUT2D eigenvalue weighted by atomic mass is 9.94. The van der Waals surface area contributed by atoms with E-state index in [0.717, 1.165) is 44.5 Å². The molecule has 0 saturated carbocycles. The number of carbonyl (C=O) groups is 1. The van der Waals surface area contributed by atoms with Gasteiger partial charge in [-0.3, -0.25) is 4.79 Å². The van der Waals surface area contributed by atoms with Crippen molar-refractivity contribution in [2.45, 2.75) is 25.8 Å². The summed E-state index contributed by atoms with van der Waals surface area (Å²) >= 11 is 0. The second kappa shape index (κ2) is 4.15. The molecule has 0 aromatic heterocycles. The van der Waals surface area contributed by atoms with Gasteiger partial charge in [-0.25, -0.2) is 0 Å². The maximum absolute atomic E-state index is 11.9. The predicted octanol–water partition coefficient (Wildman–Crippen LogP) is 1.35. The Morgan fingerprint density at radius 1 is 1.12 bits per heavy atom. The van der Waals surface area contributed by atoms with Gasteiger partial charge in [0.2, 0.25) is 0 Å². The molecule has 2 aliphatic rings. The van der Waals surface area contributed by atoms with Crippen LogP contribution in [0.3, 0.4) is 0 Å². The molecule has 0 spiro atoms. The minimum Gasteiger partial charge on any atom is -0.337 e. The molecule has 0 radical (unpaired) electrons. The maximum atomic E-state index is 11.9. The van der Waals surface area contributed by atoms with Crippen LogP contribution in [0.15, 0.2) is 12.1 Å². The summed E-state index contributed by atoms with van der Waals surface area (Å²) in [7, 11) is 1.88. The maximum Gasteiger partial charge on any atom is 0.254 e. The fraction of sp³-hybridized carbons (Fsp3) is 0.500. The molecule has 1 N–H and O–H groups in total. The van der Waals surface area contributed by atoms with E-state index >= 15 is 0 Å². The monoisotopic (exact) mass is 230 g/mol. The van der Waals surface area contributed by atoms with Gasteiger partial charge in [0.25, 0.3) is 5.91 Å². The van der Waals surface area contributed by atoms with Crippen molar-refractivity contribution in [2.24, 2.45) is 0 Å². The molecule has 0 unspecified atom stereocenters. The lowest BCUT2D eigenvalue weighted by molar-refractivity contribution is 0.0816. The molecule has 2 heterocycles. The summed E-state index contributed by atoms with van der Waals surface area (Å²) in [4.78, 5) is 13.8. The fourth-order valence-corrected chi connectivity index (χ4v) is 2.82. The van der Waals surface area contributed by atoms with Crippen LogP contribution in [0, 0.1) is 0 Å². The van der Waals surface area contributed by atoms with Crippen LogP contribution in [0.5, 0.6) is 0 Å². The minimum atomic E-state index is 0.183. The summed E-state index contributed by atoms with van der Waals surface area (Å²) in [6.45, 7) is 2.91. The number of fused-ring (bicyclic) bond motifs is 2. The number of nitrogens with zero attached hydrogens (tertiary/aromatic N) is 1. The quantitative estimate of drug-likeness (QED) is 0.729. The molecule has 17 heavy (non-hydrogen) atoms. The van der Waals surface area contributed by atoms with Crippen LogP contribution in [0.4, 0.5) is 0 Å². The van der Waals surface area contributed by atoms with E-state index in [1.165, 1.54) is 16.7 Å². The van der Waals surface area contributed by atoms with E-state index in [-0.39, 0.29) is 5.91 Å². The first-order valence-corrected chi connectivity index (χ1v) is 6.36. The van der Waals surface area contributed by atoms with E-state index in [1.807, 2.05) is 7.05 Å². The average Bonchev–Trinajstić information content (AvgIpc) is 2.55. The first kappa shape index (κ1) is 10.8. The zero-order chi connectivity index (χ0) is 11.8. The van der Waals surface area contributed by atoms with Crippen LogP contribution in [-0.4, -0.2) is 30.9 Å². The van der Waals surface area contributed by atoms with Crippen molar-refractivity contribution in [3.05, 3.63) is 34.4 Å². The van der Waals surface area contributed by atoms with Gasteiger partial charge in [-0.2, -0.15) is 0 Å². The third-order valence-corrected chi connectivity index (χ3v) is 3.78. The smallest absolute Gasteiger partial charge is 0.254 e. The molecule has 3 rings (SSSR count). The van der Waals surface area contributed by atoms with Gasteiger partial charge in [0.05, 0.1) is 0 Å². The third kappa shape index (κ3) is 1.84. The van der Waals surface area contributed by atoms with E-state index in [1.54, 1.807) is 4.90 Å². The van der Waals surface area contributed by atoms with Gasteiger partial charge >= 0.3 is 0 Å². The first-order valence-electron chi connectivity index (χ1n) is 6.36. The van der Waals surface area contributed by atoms with Gasteiger partial charge in [0, 0.05) is 19.2 Å². The van der Waals surface area contributed by atoms with Crippen molar-refractivity contribution in [3.63, 3.8) is 0 Å². The van der Waals surface area contributed by atoms with Gasteiger partial charge in [-0.15, -0.1) is 0 Å². The van der Waals surface area contributed by atoms with Crippen LogP contribution in [-0.2, 0) is 19.4 Å². The van der Waals surface area contributed by atoms with E-state index in [9.17, 15) is 4.79 Å². The number of hydrogen-bond acceptors (Lipinski definition) is 2. The lowest BCUT2D eigenvalue weighted by Gasteiger charge is -2.15. The topological polar surface area (TPSA) is 32.3 Å². The predicted molar refractivity (Wildman–Crippen MR) is 67.1 cm³/mol. The Bertz CT molecular complexity index is 468. The van der Waals surface area contributed by atoms with Crippen LogP contribution in [0.2, 0.25) is 0 Å². The molecule has 3 heteroatoms. The fourth-order valence-electron chi connectivity index (χ4n) is 2.82. The molecule has 0 bridgehead atoms. The number of aryl methyl sites for hydroxylation is 1. The molecule has 1 aromatic rings. The van der Waals surface area contributed by atoms with Gasteiger partial charge < -0.3 is 10.2 Å². The van der Waals surface area contributed by atoms with Gasteiger partial charge in [-0.1, -0.05) is 6.07 Å². The van der Waals surface area contributed by atoms with Gasteiger partial charge in [0.15, 0.2) is 0 Å². The number of hydrogen-bond donors (Lipinski definition) is 1. The highest BCUT2D eigenvalue weighted by molar-refractivity contribution is 5.98. The van der Waals surface area contributed by atoms with E-state index in [4.69, 9.17) is 0 Å². The Morgan fingerprint density at radius 3 is 2.82 bits per heavy atom. The Labute approximate surface area is 102 Å². The highest BCUT2D eigenvalue weighted by Crippen LogP contribution is 2.26. The molecule has 90 valence electrons. The third-order valence-electron chi connectivity index (χ3n) is 3.78. The van der Waals surface area contributed by atoms with Crippen molar-refractivity contribution in [2.75, 3.05) is 20.1 Å². The SMILES string of the molecule is CN1Cc2cc3c(cc2C1=O)CCCNCC3. The summed E-state index contributed by atoms with van der Waals surface area (Å²) < 4.78 is 0. The van der Waals surface area contributed by atoms with Gasteiger partial charge in [-0.05, 0) is 55.1 Å². The Morgan fingerprint density at radius 2 is 1.94 bits per heavy atom. The average molecular weight is 230 g/mol. The van der Waals surface area contributed by atoms with Crippen molar-refractivity contribution in [1.82, 2.24) is 10.2 Å². The lowest BCUT2D eigenvalue weighted by Crippen LogP contribution is -2.22.